The molecule has 0 aliphatic carbocycles. The SMILES string of the molecule is Cc1cc(=O)n(CCCCN2C(=O)c3ccccc3C2=O)c2ccccc12. The molecule has 1 aliphatic heterocycles. The molecule has 0 spiro atoms. The van der Waals surface area contributed by atoms with Crippen molar-refractivity contribution in [2.45, 2.75) is 26.3 Å². The Morgan fingerprint density at radius 1 is 0.778 bits per heavy atom. The van der Waals surface area contributed by atoms with Gasteiger partial charge in [-0.1, -0.05) is 30.3 Å². The maximum absolute atomic E-state index is 12.4. The van der Waals surface area contributed by atoms with Crippen molar-refractivity contribution in [1.29, 1.82) is 0 Å². The number of benzene rings is 2. The molecule has 0 radical (unpaired) electrons. The molecule has 27 heavy (non-hydrogen) atoms. The van der Waals surface area contributed by atoms with Crippen molar-refractivity contribution in [3.63, 3.8) is 0 Å². The molecule has 0 atom stereocenters. The monoisotopic (exact) mass is 360 g/mol. The fourth-order valence-corrected chi connectivity index (χ4v) is 3.71. The Kier molecular flexibility index (Phi) is 4.36. The molecule has 4 rings (SSSR count). The number of hydrogen-bond acceptors (Lipinski definition) is 3. The summed E-state index contributed by atoms with van der Waals surface area (Å²) in [6.07, 6.45) is 1.36. The molecular weight excluding hydrogens is 340 g/mol. The number of hydrogen-bond donors (Lipinski definition) is 0. The van der Waals surface area contributed by atoms with E-state index in [-0.39, 0.29) is 17.4 Å². The van der Waals surface area contributed by atoms with E-state index < -0.39 is 0 Å². The van der Waals surface area contributed by atoms with Crippen LogP contribution in [0.1, 0.15) is 39.1 Å². The number of aryl methyl sites for hydroxylation is 2. The van der Waals surface area contributed by atoms with Gasteiger partial charge in [-0.15, -0.1) is 0 Å². The van der Waals surface area contributed by atoms with Crippen LogP contribution < -0.4 is 5.56 Å². The molecule has 3 aromatic rings. The summed E-state index contributed by atoms with van der Waals surface area (Å²) in [6, 6.07) is 16.4. The summed E-state index contributed by atoms with van der Waals surface area (Å²) in [5.41, 5.74) is 2.82. The molecule has 0 unspecified atom stereocenters. The van der Waals surface area contributed by atoms with Gasteiger partial charge in [0.05, 0.1) is 16.6 Å². The quantitative estimate of drug-likeness (QED) is 0.518. The second-order valence-corrected chi connectivity index (χ2v) is 6.85. The molecule has 1 aromatic heterocycles. The number of carbonyl (C=O) groups is 2. The van der Waals surface area contributed by atoms with Gasteiger partial charge in [0, 0.05) is 24.5 Å². The highest BCUT2D eigenvalue weighted by Gasteiger charge is 2.34. The average molecular weight is 360 g/mol. The highest BCUT2D eigenvalue weighted by Crippen LogP contribution is 2.23. The van der Waals surface area contributed by atoms with Crippen LogP contribution in [-0.2, 0) is 6.54 Å². The minimum Gasteiger partial charge on any atom is -0.308 e. The Morgan fingerprint density at radius 3 is 2.07 bits per heavy atom. The molecule has 5 nitrogen and oxygen atoms in total. The van der Waals surface area contributed by atoms with E-state index in [1.54, 1.807) is 34.9 Å². The first-order valence-electron chi connectivity index (χ1n) is 9.12. The lowest BCUT2D eigenvalue weighted by Gasteiger charge is -2.15. The number of unbranched alkanes of at least 4 members (excludes halogenated alkanes) is 1. The van der Waals surface area contributed by atoms with Crippen LogP contribution in [0.3, 0.4) is 0 Å². The van der Waals surface area contributed by atoms with E-state index in [2.05, 4.69) is 0 Å². The molecule has 2 amide bonds. The van der Waals surface area contributed by atoms with Crippen molar-refractivity contribution in [1.82, 2.24) is 9.47 Å². The Hall–Kier alpha value is -3.21. The molecule has 2 heterocycles. The number of para-hydroxylation sites is 1. The highest BCUT2D eigenvalue weighted by molar-refractivity contribution is 6.21. The predicted molar refractivity (Wildman–Crippen MR) is 104 cm³/mol. The maximum atomic E-state index is 12.4. The number of carbonyl (C=O) groups excluding carboxylic acids is 2. The molecule has 136 valence electrons. The van der Waals surface area contributed by atoms with E-state index in [1.165, 1.54) is 4.90 Å². The largest absolute Gasteiger partial charge is 0.308 e. The van der Waals surface area contributed by atoms with E-state index in [1.807, 2.05) is 31.2 Å². The molecule has 0 fully saturated rings. The first-order valence-corrected chi connectivity index (χ1v) is 9.12. The summed E-state index contributed by atoms with van der Waals surface area (Å²) < 4.78 is 1.77. The second-order valence-electron chi connectivity index (χ2n) is 6.85. The lowest BCUT2D eigenvalue weighted by molar-refractivity contribution is 0.0651. The number of imide groups is 1. The summed E-state index contributed by atoms with van der Waals surface area (Å²) in [5.74, 6) is -0.456. The lowest BCUT2D eigenvalue weighted by Crippen LogP contribution is -2.31. The van der Waals surface area contributed by atoms with Gasteiger partial charge >= 0.3 is 0 Å². The third-order valence-electron chi connectivity index (χ3n) is 5.12. The number of nitrogens with zero attached hydrogens (tertiary/aromatic N) is 2. The van der Waals surface area contributed by atoms with Crippen LogP contribution in [0.25, 0.3) is 10.9 Å². The molecular formula is C22H20N2O3. The number of amides is 2. The Bertz CT molecular complexity index is 1080. The van der Waals surface area contributed by atoms with E-state index in [4.69, 9.17) is 0 Å². The van der Waals surface area contributed by atoms with Crippen molar-refractivity contribution in [2.24, 2.45) is 0 Å². The van der Waals surface area contributed by atoms with Gasteiger partial charge in [-0.2, -0.15) is 0 Å². The van der Waals surface area contributed by atoms with Crippen LogP contribution in [0.15, 0.2) is 59.4 Å². The van der Waals surface area contributed by atoms with Gasteiger partial charge in [-0.05, 0) is 43.5 Å². The number of fused-ring (bicyclic) bond motifs is 2. The smallest absolute Gasteiger partial charge is 0.261 e. The molecule has 1 aliphatic rings. The van der Waals surface area contributed by atoms with Crippen LogP contribution in [-0.4, -0.2) is 27.8 Å². The molecule has 2 aromatic carbocycles. The summed E-state index contributed by atoms with van der Waals surface area (Å²) in [7, 11) is 0. The van der Waals surface area contributed by atoms with Gasteiger partial charge in [0.1, 0.15) is 0 Å². The van der Waals surface area contributed by atoms with Crippen LogP contribution in [0.2, 0.25) is 0 Å². The van der Waals surface area contributed by atoms with Crippen LogP contribution >= 0.6 is 0 Å². The Morgan fingerprint density at radius 2 is 1.37 bits per heavy atom. The van der Waals surface area contributed by atoms with Crippen molar-refractivity contribution >= 4 is 22.7 Å². The Balaban J connectivity index is 1.45. The number of rotatable bonds is 5. The summed E-state index contributed by atoms with van der Waals surface area (Å²) in [5, 5.41) is 1.07. The van der Waals surface area contributed by atoms with Crippen LogP contribution in [0, 0.1) is 6.92 Å². The van der Waals surface area contributed by atoms with Gasteiger partial charge in [-0.3, -0.25) is 19.3 Å². The molecule has 0 bridgehead atoms. The van der Waals surface area contributed by atoms with Crippen molar-refractivity contribution in [3.05, 3.63) is 81.6 Å². The first kappa shape index (κ1) is 17.2. The normalized spacial score (nSPS) is 13.4. The minimum atomic E-state index is -0.228. The van der Waals surface area contributed by atoms with Crippen molar-refractivity contribution in [3.8, 4) is 0 Å². The summed E-state index contributed by atoms with van der Waals surface area (Å²) >= 11 is 0. The van der Waals surface area contributed by atoms with Crippen LogP contribution in [0.5, 0.6) is 0 Å². The standard InChI is InChI=1S/C22H20N2O3/c1-15-14-20(25)23(19-11-5-4-8-16(15)19)12-6-7-13-24-21(26)17-9-2-3-10-18(17)22(24)27/h2-5,8-11,14H,6-7,12-13H2,1H3. The van der Waals surface area contributed by atoms with Crippen LogP contribution in [0.4, 0.5) is 0 Å². The van der Waals surface area contributed by atoms with Crippen molar-refractivity contribution < 1.29 is 9.59 Å². The zero-order chi connectivity index (χ0) is 19.0. The summed E-state index contributed by atoms with van der Waals surface area (Å²) in [6.45, 7) is 2.87. The zero-order valence-corrected chi connectivity index (χ0v) is 15.1. The number of aromatic nitrogens is 1. The van der Waals surface area contributed by atoms with E-state index in [0.29, 0.717) is 37.1 Å². The topological polar surface area (TPSA) is 59.4 Å². The van der Waals surface area contributed by atoms with Crippen molar-refractivity contribution in [2.75, 3.05) is 6.54 Å². The maximum Gasteiger partial charge on any atom is 0.261 e. The summed E-state index contributed by atoms with van der Waals surface area (Å²) in [4.78, 5) is 38.5. The van der Waals surface area contributed by atoms with E-state index in [0.717, 1.165) is 16.5 Å². The average Bonchev–Trinajstić information content (AvgIpc) is 2.92. The Labute approximate surface area is 156 Å². The lowest BCUT2D eigenvalue weighted by atomic mass is 10.1. The second kappa shape index (κ2) is 6.83. The molecule has 0 saturated carbocycles. The fourth-order valence-electron chi connectivity index (χ4n) is 3.71. The van der Waals surface area contributed by atoms with Gasteiger partial charge < -0.3 is 4.57 Å². The van der Waals surface area contributed by atoms with E-state index in [9.17, 15) is 14.4 Å². The van der Waals surface area contributed by atoms with Gasteiger partial charge in [0.25, 0.3) is 17.4 Å². The zero-order valence-electron chi connectivity index (χ0n) is 15.1. The third-order valence-corrected chi connectivity index (χ3v) is 5.12. The first-order chi connectivity index (χ1) is 13.1. The van der Waals surface area contributed by atoms with E-state index >= 15 is 0 Å². The van der Waals surface area contributed by atoms with Gasteiger partial charge in [-0.25, -0.2) is 0 Å². The fraction of sp³-hybridized carbons (Fsp3) is 0.227. The molecule has 5 heteroatoms. The third kappa shape index (κ3) is 2.95. The molecule has 0 saturated heterocycles. The number of pyridine rings is 1. The highest BCUT2D eigenvalue weighted by atomic mass is 16.2. The minimum absolute atomic E-state index is 0.0214. The molecule has 0 N–H and O–H groups in total. The van der Waals surface area contributed by atoms with Gasteiger partial charge in [0.15, 0.2) is 0 Å². The predicted octanol–water partition coefficient (Wildman–Crippen LogP) is 3.39. The van der Waals surface area contributed by atoms with Gasteiger partial charge in [0.2, 0.25) is 0 Å².